The Balaban J connectivity index is 1.60. The molecule has 0 spiro atoms. The molecule has 0 bridgehead atoms. The summed E-state index contributed by atoms with van der Waals surface area (Å²) in [4.78, 5) is 16.4. The highest BCUT2D eigenvalue weighted by Crippen LogP contribution is 2.26. The van der Waals surface area contributed by atoms with Gasteiger partial charge in [-0.1, -0.05) is 30.0 Å². The van der Waals surface area contributed by atoms with Gasteiger partial charge in [0.15, 0.2) is 14.6 Å². The van der Waals surface area contributed by atoms with Crippen LogP contribution in [0.4, 0.5) is 5.69 Å². The molecule has 1 unspecified atom stereocenters. The molecule has 7 heteroatoms. The van der Waals surface area contributed by atoms with Gasteiger partial charge in [0.1, 0.15) is 0 Å². The number of ether oxygens (including phenoxy) is 1. The lowest BCUT2D eigenvalue weighted by Gasteiger charge is -2.31. The molecule has 3 rings (SSSR count). The highest BCUT2D eigenvalue weighted by molar-refractivity contribution is 7.92. The van der Waals surface area contributed by atoms with E-state index in [-0.39, 0.29) is 6.42 Å². The van der Waals surface area contributed by atoms with Crippen molar-refractivity contribution in [1.29, 1.82) is 0 Å². The third-order valence-corrected chi connectivity index (χ3v) is 8.63. The average molecular weight is 495 g/mol. The van der Waals surface area contributed by atoms with E-state index in [0.29, 0.717) is 13.1 Å². The zero-order chi connectivity index (χ0) is 25.6. The number of benzene rings is 2. The number of hydrogen-bond acceptors (Lipinski definition) is 6. The standard InChI is InChI=1S/C28H34N2O4S/c1-28(27(31)34-4,35(5,32)33)18-21-30-19-16-25(17-20-30)24-12-8-22(9-13-24)6-7-23-10-14-26(15-11-23)29(2)3/h8-16H,17-21H2,1-5H3. The number of anilines is 1. The summed E-state index contributed by atoms with van der Waals surface area (Å²) in [6, 6.07) is 16.4. The van der Waals surface area contributed by atoms with Crippen LogP contribution in [0.3, 0.4) is 0 Å². The number of rotatable bonds is 7. The van der Waals surface area contributed by atoms with Crippen LogP contribution in [0, 0.1) is 11.8 Å². The molecule has 2 aromatic rings. The van der Waals surface area contributed by atoms with Crippen LogP contribution in [0.5, 0.6) is 0 Å². The lowest BCUT2D eigenvalue weighted by Crippen LogP contribution is -2.46. The minimum Gasteiger partial charge on any atom is -0.468 e. The molecule has 186 valence electrons. The predicted molar refractivity (Wildman–Crippen MR) is 142 cm³/mol. The highest BCUT2D eigenvalue weighted by atomic mass is 32.2. The van der Waals surface area contributed by atoms with Crippen LogP contribution in [0.2, 0.25) is 0 Å². The van der Waals surface area contributed by atoms with Gasteiger partial charge in [-0.3, -0.25) is 9.69 Å². The Morgan fingerprint density at radius 2 is 1.63 bits per heavy atom. The van der Waals surface area contributed by atoms with Gasteiger partial charge in [-0.05, 0) is 67.3 Å². The second-order valence-corrected chi connectivity index (χ2v) is 11.7. The first-order valence-corrected chi connectivity index (χ1v) is 13.5. The SMILES string of the molecule is COC(=O)C(C)(CCN1CC=C(c2ccc(C#Cc3ccc(N(C)C)cc3)cc2)CC1)S(C)(=O)=O. The molecule has 0 saturated carbocycles. The van der Waals surface area contributed by atoms with Crippen LogP contribution in [0.25, 0.3) is 5.57 Å². The summed E-state index contributed by atoms with van der Waals surface area (Å²) in [7, 11) is 1.66. The summed E-state index contributed by atoms with van der Waals surface area (Å²) in [6.45, 7) is 3.47. The third-order valence-electron chi connectivity index (χ3n) is 6.62. The Hall–Kier alpha value is -3.08. The molecule has 1 atom stereocenters. The van der Waals surface area contributed by atoms with Crippen LogP contribution in [-0.4, -0.2) is 71.1 Å². The normalized spacial score (nSPS) is 15.9. The minimum atomic E-state index is -3.59. The molecule has 1 aliphatic rings. The van der Waals surface area contributed by atoms with Crippen molar-refractivity contribution in [2.75, 3.05) is 52.0 Å². The van der Waals surface area contributed by atoms with Crippen LogP contribution in [-0.2, 0) is 19.4 Å². The molecule has 0 aromatic heterocycles. The molecule has 1 heterocycles. The van der Waals surface area contributed by atoms with E-state index in [1.54, 1.807) is 0 Å². The van der Waals surface area contributed by atoms with Crippen molar-refractivity contribution >= 4 is 27.1 Å². The number of sulfone groups is 1. The summed E-state index contributed by atoms with van der Waals surface area (Å²) in [5, 5.41) is 0. The van der Waals surface area contributed by atoms with Gasteiger partial charge in [-0.15, -0.1) is 0 Å². The van der Waals surface area contributed by atoms with Gasteiger partial charge in [0.25, 0.3) is 0 Å². The summed E-state index contributed by atoms with van der Waals surface area (Å²) in [5.41, 5.74) is 5.52. The molecule has 1 aliphatic heterocycles. The molecule has 0 N–H and O–H groups in total. The summed E-state index contributed by atoms with van der Waals surface area (Å²) < 4.78 is 27.7. The Bertz CT molecular complexity index is 1240. The number of carbonyl (C=O) groups is 1. The molecule has 2 aromatic carbocycles. The second-order valence-electron chi connectivity index (χ2n) is 9.29. The maximum absolute atomic E-state index is 12.2. The lowest BCUT2D eigenvalue weighted by molar-refractivity contribution is -0.143. The summed E-state index contributed by atoms with van der Waals surface area (Å²) >= 11 is 0. The van der Waals surface area contributed by atoms with Crippen LogP contribution in [0.1, 0.15) is 36.5 Å². The van der Waals surface area contributed by atoms with Gasteiger partial charge in [0.2, 0.25) is 0 Å². The zero-order valence-electron chi connectivity index (χ0n) is 21.2. The first-order valence-electron chi connectivity index (χ1n) is 11.6. The number of hydrogen-bond donors (Lipinski definition) is 0. The van der Waals surface area contributed by atoms with E-state index in [1.165, 1.54) is 25.2 Å². The van der Waals surface area contributed by atoms with Gasteiger partial charge >= 0.3 is 5.97 Å². The van der Waals surface area contributed by atoms with Gasteiger partial charge in [-0.25, -0.2) is 8.42 Å². The molecular weight excluding hydrogens is 460 g/mol. The van der Waals surface area contributed by atoms with Crippen LogP contribution < -0.4 is 4.90 Å². The molecule has 35 heavy (non-hydrogen) atoms. The molecule has 0 fully saturated rings. The average Bonchev–Trinajstić information content (AvgIpc) is 2.85. The molecular formula is C28H34N2O4S. The summed E-state index contributed by atoms with van der Waals surface area (Å²) in [5.74, 6) is 5.73. The number of methoxy groups -OCH3 is 1. The van der Waals surface area contributed by atoms with Crippen molar-refractivity contribution in [1.82, 2.24) is 4.90 Å². The Morgan fingerprint density at radius 1 is 1.06 bits per heavy atom. The van der Waals surface area contributed by atoms with Gasteiger partial charge in [0, 0.05) is 56.8 Å². The number of carbonyl (C=O) groups excluding carboxylic acids is 1. The fourth-order valence-corrected chi connectivity index (χ4v) is 4.81. The number of esters is 1. The van der Waals surface area contributed by atoms with E-state index in [1.807, 2.05) is 38.4 Å². The van der Waals surface area contributed by atoms with Gasteiger partial charge in [-0.2, -0.15) is 0 Å². The van der Waals surface area contributed by atoms with E-state index >= 15 is 0 Å². The quantitative estimate of drug-likeness (QED) is 0.433. The Labute approximate surface area is 209 Å². The van der Waals surface area contributed by atoms with Crippen molar-refractivity contribution in [2.45, 2.75) is 24.5 Å². The molecule has 0 radical (unpaired) electrons. The summed E-state index contributed by atoms with van der Waals surface area (Å²) in [6.07, 6.45) is 4.32. The smallest absolute Gasteiger partial charge is 0.326 e. The Kier molecular flexibility index (Phi) is 8.42. The van der Waals surface area contributed by atoms with Crippen molar-refractivity contribution in [2.24, 2.45) is 0 Å². The number of nitrogens with zero attached hydrogens (tertiary/aromatic N) is 2. The topological polar surface area (TPSA) is 66.9 Å². The van der Waals surface area contributed by atoms with E-state index < -0.39 is 20.6 Å². The first kappa shape index (κ1) is 26.5. The van der Waals surface area contributed by atoms with E-state index in [9.17, 15) is 13.2 Å². The molecule has 0 amide bonds. The monoisotopic (exact) mass is 494 g/mol. The minimum absolute atomic E-state index is 0.201. The van der Waals surface area contributed by atoms with Crippen molar-refractivity contribution in [3.05, 3.63) is 71.3 Å². The predicted octanol–water partition coefficient (Wildman–Crippen LogP) is 3.61. The fraction of sp³-hybridized carbons (Fsp3) is 0.393. The van der Waals surface area contributed by atoms with Gasteiger partial charge < -0.3 is 9.64 Å². The zero-order valence-corrected chi connectivity index (χ0v) is 22.0. The van der Waals surface area contributed by atoms with E-state index in [0.717, 1.165) is 36.0 Å². The third kappa shape index (κ3) is 6.53. The van der Waals surface area contributed by atoms with E-state index in [2.05, 4.69) is 52.0 Å². The van der Waals surface area contributed by atoms with Crippen molar-refractivity contribution < 1.29 is 17.9 Å². The van der Waals surface area contributed by atoms with Crippen LogP contribution in [0.15, 0.2) is 54.6 Å². The highest BCUT2D eigenvalue weighted by Gasteiger charge is 2.44. The lowest BCUT2D eigenvalue weighted by atomic mass is 9.98. The maximum atomic E-state index is 12.2. The van der Waals surface area contributed by atoms with Gasteiger partial charge in [0.05, 0.1) is 7.11 Å². The Morgan fingerprint density at radius 3 is 2.09 bits per heavy atom. The first-order chi connectivity index (χ1) is 16.5. The van der Waals surface area contributed by atoms with Crippen molar-refractivity contribution in [3.63, 3.8) is 0 Å². The van der Waals surface area contributed by atoms with E-state index in [4.69, 9.17) is 4.74 Å². The molecule has 0 saturated heterocycles. The van der Waals surface area contributed by atoms with Crippen LogP contribution >= 0.6 is 0 Å². The maximum Gasteiger partial charge on any atom is 0.326 e. The van der Waals surface area contributed by atoms with Crippen molar-refractivity contribution in [3.8, 4) is 11.8 Å². The fourth-order valence-electron chi connectivity index (χ4n) is 3.96. The largest absolute Gasteiger partial charge is 0.468 e. The molecule has 0 aliphatic carbocycles. The second kappa shape index (κ2) is 11.1. The molecule has 6 nitrogen and oxygen atoms in total.